The number of likely N-dealkylation sites (N-methyl/N-ethyl adjacent to an activating group) is 2. The van der Waals surface area contributed by atoms with E-state index in [0.29, 0.717) is 11.5 Å². The van der Waals surface area contributed by atoms with Gasteiger partial charge in [-0.2, -0.15) is 0 Å². The minimum absolute atomic E-state index is 0.471. The number of nitrogens with one attached hydrogen (secondary N) is 1. The van der Waals surface area contributed by atoms with Crippen molar-refractivity contribution in [3.63, 3.8) is 0 Å². The molecular formula is C14H28N2. The molecule has 94 valence electrons. The Labute approximate surface area is 101 Å². The molecule has 2 saturated carbocycles. The maximum Gasteiger partial charge on any atom is 0.0274 e. The molecule has 0 radical (unpaired) electrons. The fourth-order valence-corrected chi connectivity index (χ4v) is 3.31. The van der Waals surface area contributed by atoms with Crippen molar-refractivity contribution in [2.45, 2.75) is 58.5 Å². The largest absolute Gasteiger partial charge is 0.312 e. The molecule has 2 heteroatoms. The minimum atomic E-state index is 0.471. The fraction of sp³-hybridized carbons (Fsp3) is 1.00. The average Bonchev–Trinajstić information content (AvgIpc) is 2.95. The van der Waals surface area contributed by atoms with Crippen LogP contribution in [0, 0.1) is 11.3 Å². The number of rotatable bonds is 5. The van der Waals surface area contributed by atoms with Gasteiger partial charge in [-0.05, 0) is 50.6 Å². The maximum atomic E-state index is 3.72. The molecule has 2 unspecified atom stereocenters. The highest BCUT2D eigenvalue weighted by Crippen LogP contribution is 2.40. The predicted molar refractivity (Wildman–Crippen MR) is 69.6 cm³/mol. The summed E-state index contributed by atoms with van der Waals surface area (Å²) >= 11 is 0. The van der Waals surface area contributed by atoms with Gasteiger partial charge in [0.1, 0.15) is 0 Å². The first-order valence-electron chi connectivity index (χ1n) is 6.98. The van der Waals surface area contributed by atoms with Crippen molar-refractivity contribution in [1.82, 2.24) is 10.2 Å². The Morgan fingerprint density at radius 1 is 1.25 bits per heavy atom. The molecule has 2 aliphatic rings. The molecule has 2 atom stereocenters. The maximum absolute atomic E-state index is 3.72. The van der Waals surface area contributed by atoms with Crippen LogP contribution in [0.3, 0.4) is 0 Å². The van der Waals surface area contributed by atoms with Crippen LogP contribution in [0.25, 0.3) is 0 Å². The highest BCUT2D eigenvalue weighted by Gasteiger charge is 2.43. The zero-order valence-electron chi connectivity index (χ0n) is 11.4. The SMILES string of the molecule is CCNC1C(N(C)CC2CC2)CCC1(C)C. The molecule has 0 aromatic heterocycles. The summed E-state index contributed by atoms with van der Waals surface area (Å²) in [6.45, 7) is 9.49. The van der Waals surface area contributed by atoms with Gasteiger partial charge in [-0.15, -0.1) is 0 Å². The zero-order chi connectivity index (χ0) is 11.8. The van der Waals surface area contributed by atoms with Gasteiger partial charge in [0.05, 0.1) is 0 Å². The van der Waals surface area contributed by atoms with Crippen molar-refractivity contribution < 1.29 is 0 Å². The summed E-state index contributed by atoms with van der Waals surface area (Å²) in [5, 5.41) is 3.72. The van der Waals surface area contributed by atoms with E-state index >= 15 is 0 Å². The topological polar surface area (TPSA) is 15.3 Å². The molecule has 0 amide bonds. The summed E-state index contributed by atoms with van der Waals surface area (Å²) in [6, 6.07) is 1.44. The molecule has 0 heterocycles. The van der Waals surface area contributed by atoms with Crippen LogP contribution in [0.4, 0.5) is 0 Å². The van der Waals surface area contributed by atoms with Crippen LogP contribution in [-0.4, -0.2) is 37.1 Å². The standard InChI is InChI=1S/C14H28N2/c1-5-15-13-12(8-9-14(13,2)3)16(4)10-11-6-7-11/h11-13,15H,5-10H2,1-4H3. The van der Waals surface area contributed by atoms with E-state index in [1.54, 1.807) is 0 Å². The van der Waals surface area contributed by atoms with E-state index in [9.17, 15) is 0 Å². The van der Waals surface area contributed by atoms with Crippen LogP contribution < -0.4 is 5.32 Å². The van der Waals surface area contributed by atoms with Crippen molar-refractivity contribution in [1.29, 1.82) is 0 Å². The Morgan fingerprint density at radius 3 is 2.50 bits per heavy atom. The van der Waals surface area contributed by atoms with E-state index in [1.165, 1.54) is 32.2 Å². The lowest BCUT2D eigenvalue weighted by Crippen LogP contribution is -2.51. The highest BCUT2D eigenvalue weighted by atomic mass is 15.2. The van der Waals surface area contributed by atoms with E-state index in [-0.39, 0.29) is 0 Å². The molecule has 2 nitrogen and oxygen atoms in total. The van der Waals surface area contributed by atoms with Crippen molar-refractivity contribution in [2.24, 2.45) is 11.3 Å². The quantitative estimate of drug-likeness (QED) is 0.772. The van der Waals surface area contributed by atoms with Gasteiger partial charge in [0.25, 0.3) is 0 Å². The predicted octanol–water partition coefficient (Wildman–Crippen LogP) is 2.49. The van der Waals surface area contributed by atoms with Crippen molar-refractivity contribution >= 4 is 0 Å². The van der Waals surface area contributed by atoms with Crippen LogP contribution >= 0.6 is 0 Å². The van der Waals surface area contributed by atoms with Gasteiger partial charge in [-0.25, -0.2) is 0 Å². The third-order valence-electron chi connectivity index (χ3n) is 4.54. The average molecular weight is 224 g/mol. The lowest BCUT2D eigenvalue weighted by atomic mass is 9.86. The molecule has 16 heavy (non-hydrogen) atoms. The van der Waals surface area contributed by atoms with E-state index in [1.807, 2.05) is 0 Å². The van der Waals surface area contributed by atoms with Crippen LogP contribution in [0.2, 0.25) is 0 Å². The van der Waals surface area contributed by atoms with Gasteiger partial charge < -0.3 is 10.2 Å². The summed E-state index contributed by atoms with van der Waals surface area (Å²) in [4.78, 5) is 2.62. The second-order valence-corrected chi connectivity index (χ2v) is 6.51. The van der Waals surface area contributed by atoms with Gasteiger partial charge >= 0.3 is 0 Å². The normalized spacial score (nSPS) is 33.6. The van der Waals surface area contributed by atoms with Gasteiger partial charge in [-0.3, -0.25) is 0 Å². The number of hydrogen-bond acceptors (Lipinski definition) is 2. The third-order valence-corrected chi connectivity index (χ3v) is 4.54. The summed E-state index contributed by atoms with van der Waals surface area (Å²) in [7, 11) is 2.33. The highest BCUT2D eigenvalue weighted by molar-refractivity contribution is 5.00. The Balaban J connectivity index is 1.96. The summed E-state index contributed by atoms with van der Waals surface area (Å²) in [5.41, 5.74) is 0.471. The fourth-order valence-electron chi connectivity index (χ4n) is 3.31. The van der Waals surface area contributed by atoms with Crippen LogP contribution in [0.5, 0.6) is 0 Å². The molecule has 0 aromatic carbocycles. The number of nitrogens with zero attached hydrogens (tertiary/aromatic N) is 1. The Kier molecular flexibility index (Phi) is 3.60. The van der Waals surface area contributed by atoms with Crippen LogP contribution in [-0.2, 0) is 0 Å². The first-order chi connectivity index (χ1) is 7.54. The zero-order valence-corrected chi connectivity index (χ0v) is 11.4. The van der Waals surface area contributed by atoms with Gasteiger partial charge in [0.2, 0.25) is 0 Å². The van der Waals surface area contributed by atoms with Crippen molar-refractivity contribution in [3.8, 4) is 0 Å². The summed E-state index contributed by atoms with van der Waals surface area (Å²) in [5.74, 6) is 1.01. The monoisotopic (exact) mass is 224 g/mol. The molecule has 0 saturated heterocycles. The molecule has 2 rings (SSSR count). The first kappa shape index (κ1) is 12.4. The van der Waals surface area contributed by atoms with Gasteiger partial charge in [0, 0.05) is 18.6 Å². The molecule has 0 spiro atoms. The second-order valence-electron chi connectivity index (χ2n) is 6.51. The van der Waals surface area contributed by atoms with E-state index in [4.69, 9.17) is 0 Å². The molecule has 0 aromatic rings. The lowest BCUT2D eigenvalue weighted by Gasteiger charge is -2.36. The molecule has 2 fully saturated rings. The lowest BCUT2D eigenvalue weighted by molar-refractivity contribution is 0.167. The second kappa shape index (κ2) is 4.66. The van der Waals surface area contributed by atoms with E-state index < -0.39 is 0 Å². The Hall–Kier alpha value is -0.0800. The van der Waals surface area contributed by atoms with Crippen molar-refractivity contribution in [3.05, 3.63) is 0 Å². The molecule has 1 N–H and O–H groups in total. The summed E-state index contributed by atoms with van der Waals surface area (Å²) < 4.78 is 0. The van der Waals surface area contributed by atoms with Gasteiger partial charge in [-0.1, -0.05) is 20.8 Å². The molecule has 2 aliphatic carbocycles. The van der Waals surface area contributed by atoms with E-state index in [0.717, 1.165) is 18.5 Å². The minimum Gasteiger partial charge on any atom is -0.312 e. The first-order valence-corrected chi connectivity index (χ1v) is 6.98. The summed E-state index contributed by atoms with van der Waals surface area (Å²) in [6.07, 6.45) is 5.66. The smallest absolute Gasteiger partial charge is 0.0274 e. The number of hydrogen-bond donors (Lipinski definition) is 1. The Morgan fingerprint density at radius 2 is 1.94 bits per heavy atom. The van der Waals surface area contributed by atoms with Crippen molar-refractivity contribution in [2.75, 3.05) is 20.1 Å². The van der Waals surface area contributed by atoms with Crippen LogP contribution in [0.1, 0.15) is 46.5 Å². The molecule has 0 bridgehead atoms. The third kappa shape index (κ3) is 2.60. The van der Waals surface area contributed by atoms with Crippen LogP contribution in [0.15, 0.2) is 0 Å². The van der Waals surface area contributed by atoms with Gasteiger partial charge in [0.15, 0.2) is 0 Å². The van der Waals surface area contributed by atoms with E-state index in [2.05, 4.69) is 38.0 Å². The molecule has 0 aliphatic heterocycles. The molecular weight excluding hydrogens is 196 g/mol. The Bertz CT molecular complexity index is 233.